The molecule has 0 saturated carbocycles. The van der Waals surface area contributed by atoms with Gasteiger partial charge in [-0.1, -0.05) is 43.9 Å². The molecule has 13 nitrogen and oxygen atoms in total. The highest BCUT2D eigenvalue weighted by Crippen LogP contribution is 2.33. The van der Waals surface area contributed by atoms with Crippen molar-refractivity contribution in [1.29, 1.82) is 0 Å². The third-order valence-corrected chi connectivity index (χ3v) is 12.2. The lowest BCUT2D eigenvalue weighted by Gasteiger charge is -2.32. The first-order valence-corrected chi connectivity index (χ1v) is 22.3. The molecular formula is C35H47N7O6SSi. The molecular weight excluding hydrogens is 675 g/mol. The Labute approximate surface area is 294 Å². The minimum absolute atomic E-state index is 0.138. The summed E-state index contributed by atoms with van der Waals surface area (Å²) in [5.41, 5.74) is 3.88. The van der Waals surface area contributed by atoms with Crippen LogP contribution in [0, 0.1) is 0 Å². The lowest BCUT2D eigenvalue weighted by molar-refractivity contribution is 0.0909. The molecule has 0 spiro atoms. The van der Waals surface area contributed by atoms with E-state index in [1.165, 1.54) is 0 Å². The van der Waals surface area contributed by atoms with Crippen LogP contribution in [0.1, 0.15) is 18.4 Å². The molecule has 1 atom stereocenters. The summed E-state index contributed by atoms with van der Waals surface area (Å²) in [5, 5.41) is 12.6. The first-order valence-electron chi connectivity index (χ1n) is 17.1. The lowest BCUT2D eigenvalue weighted by Crippen LogP contribution is -2.46. The number of hydrogen-bond acceptors (Lipinski definition) is 9. The molecule has 2 aromatic carbocycles. The molecule has 2 aliphatic heterocycles. The number of anilines is 2. The third-order valence-electron chi connectivity index (χ3n) is 9.08. The zero-order valence-electron chi connectivity index (χ0n) is 29.0. The number of rotatable bonds is 13. The zero-order valence-corrected chi connectivity index (χ0v) is 30.8. The lowest BCUT2D eigenvalue weighted by atomic mass is 10.0. The van der Waals surface area contributed by atoms with E-state index in [9.17, 15) is 13.2 Å². The smallest absolute Gasteiger partial charge is 0.404 e. The predicted octanol–water partition coefficient (Wildman–Crippen LogP) is 5.28. The van der Waals surface area contributed by atoms with Crippen molar-refractivity contribution in [3.63, 3.8) is 0 Å². The van der Waals surface area contributed by atoms with Gasteiger partial charge in [-0.15, -0.1) is 0 Å². The van der Waals surface area contributed by atoms with Gasteiger partial charge in [-0.3, -0.25) is 9.62 Å². The maximum Gasteiger partial charge on any atom is 0.404 e. The van der Waals surface area contributed by atoms with Gasteiger partial charge in [0.1, 0.15) is 24.5 Å². The third kappa shape index (κ3) is 9.00. The molecule has 1 amide bonds. The van der Waals surface area contributed by atoms with E-state index >= 15 is 0 Å². The second kappa shape index (κ2) is 15.5. The van der Waals surface area contributed by atoms with E-state index in [-0.39, 0.29) is 10.9 Å². The monoisotopic (exact) mass is 721 g/mol. The van der Waals surface area contributed by atoms with Gasteiger partial charge in [0.25, 0.3) is 10.0 Å². The Kier molecular flexibility index (Phi) is 11.1. The molecule has 0 bridgehead atoms. The fraction of sp³-hybridized carbons (Fsp3) is 0.457. The Balaban J connectivity index is 1.20. The molecule has 2 aromatic heterocycles. The minimum Gasteiger partial charge on any atom is -0.465 e. The van der Waals surface area contributed by atoms with Gasteiger partial charge in [-0.2, -0.15) is 0 Å². The van der Waals surface area contributed by atoms with Crippen molar-refractivity contribution in [2.45, 2.75) is 62.7 Å². The van der Waals surface area contributed by atoms with Crippen molar-refractivity contribution < 1.29 is 27.8 Å². The zero-order chi connectivity index (χ0) is 35.3. The van der Waals surface area contributed by atoms with Crippen LogP contribution in [0.2, 0.25) is 25.7 Å². The highest BCUT2D eigenvalue weighted by atomic mass is 32.2. The summed E-state index contributed by atoms with van der Waals surface area (Å²) in [6.45, 7) is 12.7. The number of benzene rings is 2. The number of fused-ring (bicyclic) bond motifs is 1. The maximum absolute atomic E-state index is 13.5. The van der Waals surface area contributed by atoms with Gasteiger partial charge in [0.05, 0.1) is 29.2 Å². The van der Waals surface area contributed by atoms with Crippen LogP contribution < -0.4 is 14.9 Å². The molecule has 6 rings (SSSR count). The van der Waals surface area contributed by atoms with Gasteiger partial charge in [-0.25, -0.2) is 23.2 Å². The van der Waals surface area contributed by atoms with Gasteiger partial charge >= 0.3 is 6.09 Å². The quantitative estimate of drug-likeness (QED) is 0.123. The highest BCUT2D eigenvalue weighted by Gasteiger charge is 2.24. The first kappa shape index (κ1) is 35.8. The normalized spacial score (nSPS) is 17.6. The Bertz CT molecular complexity index is 1890. The minimum atomic E-state index is -3.87. The van der Waals surface area contributed by atoms with Crippen LogP contribution in [0.25, 0.3) is 22.3 Å². The summed E-state index contributed by atoms with van der Waals surface area (Å²) in [7, 11) is -5.14. The molecule has 4 heterocycles. The average molecular weight is 722 g/mol. The van der Waals surface area contributed by atoms with E-state index in [0.29, 0.717) is 45.3 Å². The van der Waals surface area contributed by atoms with E-state index < -0.39 is 24.2 Å². The molecule has 4 aromatic rings. The molecule has 15 heteroatoms. The number of hydrogen-bond donors (Lipinski definition) is 3. The summed E-state index contributed by atoms with van der Waals surface area (Å²) >= 11 is 0. The van der Waals surface area contributed by atoms with Crippen LogP contribution in [0.5, 0.6) is 0 Å². The summed E-state index contributed by atoms with van der Waals surface area (Å²) < 4.78 is 43.6. The van der Waals surface area contributed by atoms with Crippen molar-refractivity contribution in [2.24, 2.45) is 0 Å². The molecule has 3 N–H and O–H groups in total. The number of carbonyl (C=O) groups is 1. The SMILES string of the molecule is C[Si](C)(C)CCOCn1c(-c2ccc(NS(=O)(=O)c3cccc(CN4CCCC(NC(=O)O)C4)c3)cc2)cc2c(N3CCOCC3)ncnc21. The Hall–Kier alpha value is -4.02. The average Bonchev–Trinajstić information content (AvgIpc) is 3.45. The van der Waals surface area contributed by atoms with Crippen molar-refractivity contribution in [1.82, 2.24) is 24.8 Å². The summed E-state index contributed by atoms with van der Waals surface area (Å²) in [5.74, 6) is 0.865. The van der Waals surface area contributed by atoms with Crippen molar-refractivity contribution in [2.75, 3.05) is 55.6 Å². The fourth-order valence-corrected chi connectivity index (χ4v) is 8.35. The molecule has 2 aliphatic rings. The number of nitrogens with one attached hydrogen (secondary N) is 2. The van der Waals surface area contributed by atoms with Crippen LogP contribution in [-0.4, -0.2) is 99.2 Å². The maximum atomic E-state index is 13.5. The Morgan fingerprint density at radius 1 is 1.06 bits per heavy atom. The number of aromatic nitrogens is 3. The standard InChI is InChI=1S/C35H47N7O6SSi/c1-50(2,3)19-18-48-25-42-32(21-31-33(36-24-37-34(31)42)41-14-16-47-17-15-41)27-9-11-28(12-10-27)39-49(45,46)30-8-4-6-26(20-30)22-40-13-5-7-29(23-40)38-35(43)44/h4,6,8-12,20-21,24,29,38-39H,5,7,13-19,22-23,25H2,1-3H3,(H,43,44). The van der Waals surface area contributed by atoms with Gasteiger partial charge in [-0.05, 0) is 66.9 Å². The first-order chi connectivity index (χ1) is 23.9. The molecule has 2 saturated heterocycles. The van der Waals surface area contributed by atoms with E-state index in [4.69, 9.17) is 14.6 Å². The van der Waals surface area contributed by atoms with Crippen LogP contribution in [0.4, 0.5) is 16.3 Å². The Morgan fingerprint density at radius 3 is 2.58 bits per heavy atom. The van der Waals surface area contributed by atoms with Crippen molar-refractivity contribution in [3.8, 4) is 11.3 Å². The van der Waals surface area contributed by atoms with Gasteiger partial charge < -0.3 is 29.4 Å². The Morgan fingerprint density at radius 2 is 1.84 bits per heavy atom. The van der Waals surface area contributed by atoms with Gasteiger partial charge in [0, 0.05) is 52.6 Å². The summed E-state index contributed by atoms with van der Waals surface area (Å²) in [6.07, 6.45) is 2.23. The molecule has 2 fully saturated rings. The topological polar surface area (TPSA) is 151 Å². The molecule has 0 radical (unpaired) electrons. The van der Waals surface area contributed by atoms with Crippen LogP contribution >= 0.6 is 0 Å². The molecule has 268 valence electrons. The van der Waals surface area contributed by atoms with Crippen LogP contribution in [0.3, 0.4) is 0 Å². The van der Waals surface area contributed by atoms with E-state index in [1.807, 2.05) is 18.2 Å². The molecule has 50 heavy (non-hydrogen) atoms. The summed E-state index contributed by atoms with van der Waals surface area (Å²) in [6, 6.07) is 17.2. The van der Waals surface area contributed by atoms with E-state index in [1.54, 1.807) is 36.7 Å². The van der Waals surface area contributed by atoms with Crippen molar-refractivity contribution in [3.05, 3.63) is 66.5 Å². The van der Waals surface area contributed by atoms with Crippen LogP contribution in [-0.2, 0) is 32.8 Å². The van der Waals surface area contributed by atoms with Crippen molar-refractivity contribution >= 4 is 46.7 Å². The number of piperidine rings is 1. The highest BCUT2D eigenvalue weighted by molar-refractivity contribution is 7.92. The number of morpholine rings is 1. The number of amides is 1. The second-order valence-corrected chi connectivity index (χ2v) is 21.5. The summed E-state index contributed by atoms with van der Waals surface area (Å²) in [4.78, 5) is 25.0. The largest absolute Gasteiger partial charge is 0.465 e. The number of ether oxygens (including phenoxy) is 2. The predicted molar refractivity (Wildman–Crippen MR) is 197 cm³/mol. The second-order valence-electron chi connectivity index (χ2n) is 14.2. The van der Waals surface area contributed by atoms with Gasteiger partial charge in [0.2, 0.25) is 0 Å². The molecule has 1 unspecified atom stereocenters. The van der Waals surface area contributed by atoms with Crippen LogP contribution in [0.15, 0.2) is 65.8 Å². The number of carboxylic acid groups (broad SMARTS) is 1. The number of likely N-dealkylation sites (tertiary alicyclic amines) is 1. The number of sulfonamides is 1. The number of nitrogens with zero attached hydrogens (tertiary/aromatic N) is 5. The molecule has 0 aliphatic carbocycles. The van der Waals surface area contributed by atoms with Gasteiger partial charge in [0.15, 0.2) is 0 Å². The van der Waals surface area contributed by atoms with E-state index in [2.05, 4.69) is 60.1 Å². The fourth-order valence-electron chi connectivity index (χ4n) is 6.47. The van der Waals surface area contributed by atoms with E-state index in [0.717, 1.165) is 72.2 Å².